The minimum absolute atomic E-state index is 0.0375. The molecule has 0 fully saturated rings. The Labute approximate surface area is 104 Å². The first-order chi connectivity index (χ1) is 7.75. The average molecular weight is 278 g/mol. The molecule has 0 atom stereocenters. The summed E-state index contributed by atoms with van der Waals surface area (Å²) in [7, 11) is -2.63. The molecule has 8 heteroatoms. The van der Waals surface area contributed by atoms with E-state index in [9.17, 15) is 13.2 Å². The number of likely N-dealkylation sites (N-methyl/N-ethyl adjacent to an activating group) is 1. The van der Waals surface area contributed by atoms with Crippen molar-refractivity contribution in [1.29, 1.82) is 0 Å². The Morgan fingerprint density at radius 1 is 1.47 bits per heavy atom. The number of nitrogens with zero attached hydrogens (tertiary/aromatic N) is 1. The number of anilines is 1. The molecular formula is C9H12ClN3O3S. The third-order valence-electron chi connectivity index (χ3n) is 2.02. The Morgan fingerprint density at radius 3 is 2.59 bits per heavy atom. The van der Waals surface area contributed by atoms with Gasteiger partial charge in [0.05, 0.1) is 11.6 Å². The summed E-state index contributed by atoms with van der Waals surface area (Å²) in [4.78, 5) is 10.5. The normalized spacial score (nSPS) is 11.7. The number of primary amides is 1. The number of halogens is 1. The van der Waals surface area contributed by atoms with Crippen molar-refractivity contribution in [2.75, 3.05) is 19.3 Å². The standard InChI is InChI=1S/C9H12ClN3O3S/c1-13(5-9(12)14)17(15,16)8-4-6(11)2-3-7(8)10/h2-4H,5,11H2,1H3,(H2,12,14). The van der Waals surface area contributed by atoms with Crippen molar-refractivity contribution in [1.82, 2.24) is 4.31 Å². The molecule has 0 saturated carbocycles. The second kappa shape index (κ2) is 4.91. The van der Waals surface area contributed by atoms with Crippen LogP contribution >= 0.6 is 11.6 Å². The number of carbonyl (C=O) groups is 1. The SMILES string of the molecule is CN(CC(N)=O)S(=O)(=O)c1cc(N)ccc1Cl. The van der Waals surface area contributed by atoms with Gasteiger partial charge in [0.15, 0.2) is 0 Å². The van der Waals surface area contributed by atoms with Crippen LogP contribution in [0.25, 0.3) is 0 Å². The van der Waals surface area contributed by atoms with Gasteiger partial charge in [0.25, 0.3) is 0 Å². The van der Waals surface area contributed by atoms with Gasteiger partial charge in [-0.1, -0.05) is 11.6 Å². The van der Waals surface area contributed by atoms with E-state index in [-0.39, 0.29) is 15.6 Å². The van der Waals surface area contributed by atoms with E-state index in [2.05, 4.69) is 0 Å². The van der Waals surface area contributed by atoms with E-state index < -0.39 is 22.5 Å². The van der Waals surface area contributed by atoms with E-state index in [0.29, 0.717) is 0 Å². The summed E-state index contributed by atoms with van der Waals surface area (Å²) >= 11 is 5.78. The van der Waals surface area contributed by atoms with Crippen LogP contribution < -0.4 is 11.5 Å². The molecule has 1 amide bonds. The molecule has 0 aliphatic rings. The lowest BCUT2D eigenvalue weighted by Gasteiger charge is -2.16. The number of sulfonamides is 1. The predicted molar refractivity (Wildman–Crippen MR) is 64.9 cm³/mol. The smallest absolute Gasteiger partial charge is 0.244 e. The van der Waals surface area contributed by atoms with Crippen LogP contribution in [-0.2, 0) is 14.8 Å². The van der Waals surface area contributed by atoms with E-state index >= 15 is 0 Å². The fourth-order valence-electron chi connectivity index (χ4n) is 1.19. The van der Waals surface area contributed by atoms with E-state index in [1.807, 2.05) is 0 Å². The molecule has 0 aromatic heterocycles. The highest BCUT2D eigenvalue weighted by atomic mass is 35.5. The van der Waals surface area contributed by atoms with Crippen molar-refractivity contribution in [2.24, 2.45) is 5.73 Å². The van der Waals surface area contributed by atoms with E-state index in [1.54, 1.807) is 0 Å². The van der Waals surface area contributed by atoms with E-state index in [1.165, 1.54) is 25.2 Å². The largest absolute Gasteiger partial charge is 0.399 e. The molecule has 4 N–H and O–H groups in total. The van der Waals surface area contributed by atoms with Crippen LogP contribution in [0.5, 0.6) is 0 Å². The van der Waals surface area contributed by atoms with Crippen molar-refractivity contribution in [3.05, 3.63) is 23.2 Å². The monoisotopic (exact) mass is 277 g/mol. The van der Waals surface area contributed by atoms with Crippen molar-refractivity contribution in [3.8, 4) is 0 Å². The molecule has 0 radical (unpaired) electrons. The Bertz CT molecular complexity index is 544. The van der Waals surface area contributed by atoms with Crippen molar-refractivity contribution in [3.63, 3.8) is 0 Å². The molecule has 94 valence electrons. The predicted octanol–water partition coefficient (Wildman–Crippen LogP) is 0.0280. The molecular weight excluding hydrogens is 266 g/mol. The topological polar surface area (TPSA) is 106 Å². The second-order valence-corrected chi connectivity index (χ2v) is 5.84. The zero-order valence-electron chi connectivity index (χ0n) is 9.05. The van der Waals surface area contributed by atoms with Gasteiger partial charge in [-0.15, -0.1) is 0 Å². The number of carbonyl (C=O) groups excluding carboxylic acids is 1. The summed E-state index contributed by atoms with van der Waals surface area (Å²) in [6.45, 7) is -0.423. The van der Waals surface area contributed by atoms with Gasteiger partial charge < -0.3 is 11.5 Å². The van der Waals surface area contributed by atoms with Crippen LogP contribution in [-0.4, -0.2) is 32.2 Å². The van der Waals surface area contributed by atoms with Gasteiger partial charge in [-0.2, -0.15) is 4.31 Å². The zero-order chi connectivity index (χ0) is 13.2. The third kappa shape index (κ3) is 3.09. The van der Waals surface area contributed by atoms with E-state index in [4.69, 9.17) is 23.1 Å². The van der Waals surface area contributed by atoms with Crippen LogP contribution in [0.4, 0.5) is 5.69 Å². The molecule has 6 nitrogen and oxygen atoms in total. The first kappa shape index (κ1) is 13.8. The maximum Gasteiger partial charge on any atom is 0.244 e. The molecule has 17 heavy (non-hydrogen) atoms. The summed E-state index contributed by atoms with van der Waals surface area (Å²) in [6, 6.07) is 4.09. The highest BCUT2D eigenvalue weighted by molar-refractivity contribution is 7.89. The van der Waals surface area contributed by atoms with Gasteiger partial charge in [-0.25, -0.2) is 8.42 Å². The Morgan fingerprint density at radius 2 is 2.06 bits per heavy atom. The van der Waals surface area contributed by atoms with Crippen molar-refractivity contribution in [2.45, 2.75) is 4.90 Å². The summed E-state index contributed by atoms with van der Waals surface area (Å²) in [5.74, 6) is -0.754. The number of amides is 1. The molecule has 0 bridgehead atoms. The number of nitrogen functional groups attached to an aromatic ring is 1. The van der Waals surface area contributed by atoms with Crippen molar-refractivity contribution < 1.29 is 13.2 Å². The maximum absolute atomic E-state index is 12.0. The molecule has 1 aromatic carbocycles. The summed E-state index contributed by atoms with van der Waals surface area (Å²) in [6.07, 6.45) is 0. The first-order valence-corrected chi connectivity index (χ1v) is 6.36. The fourth-order valence-corrected chi connectivity index (χ4v) is 2.83. The minimum Gasteiger partial charge on any atom is -0.399 e. The molecule has 1 aromatic rings. The van der Waals surface area contributed by atoms with Gasteiger partial charge in [0.1, 0.15) is 4.90 Å². The lowest BCUT2D eigenvalue weighted by Crippen LogP contribution is -2.35. The van der Waals surface area contributed by atoms with Crippen LogP contribution in [0.2, 0.25) is 5.02 Å². The fraction of sp³-hybridized carbons (Fsp3) is 0.222. The number of rotatable bonds is 4. The van der Waals surface area contributed by atoms with Crippen LogP contribution in [0.15, 0.2) is 23.1 Å². The molecule has 0 aliphatic carbocycles. The lowest BCUT2D eigenvalue weighted by atomic mass is 10.3. The van der Waals surface area contributed by atoms with Crippen LogP contribution in [0.1, 0.15) is 0 Å². The Hall–Kier alpha value is -1.31. The summed E-state index contributed by atoms with van der Waals surface area (Å²) < 4.78 is 24.9. The Kier molecular flexibility index (Phi) is 3.97. The number of nitrogens with two attached hydrogens (primary N) is 2. The lowest BCUT2D eigenvalue weighted by molar-refractivity contribution is -0.118. The highest BCUT2D eigenvalue weighted by Gasteiger charge is 2.24. The molecule has 1 rings (SSSR count). The number of hydrogen-bond acceptors (Lipinski definition) is 4. The average Bonchev–Trinajstić information content (AvgIpc) is 2.20. The van der Waals surface area contributed by atoms with Crippen LogP contribution in [0.3, 0.4) is 0 Å². The highest BCUT2D eigenvalue weighted by Crippen LogP contribution is 2.25. The molecule has 0 unspecified atom stereocenters. The third-order valence-corrected chi connectivity index (χ3v) is 4.31. The van der Waals surface area contributed by atoms with E-state index in [0.717, 1.165) is 4.31 Å². The maximum atomic E-state index is 12.0. The summed E-state index contributed by atoms with van der Waals surface area (Å²) in [5.41, 5.74) is 10.7. The van der Waals surface area contributed by atoms with Gasteiger partial charge >= 0.3 is 0 Å². The van der Waals surface area contributed by atoms with Gasteiger partial charge in [0.2, 0.25) is 15.9 Å². The first-order valence-electron chi connectivity index (χ1n) is 4.55. The quantitative estimate of drug-likeness (QED) is 0.757. The van der Waals surface area contributed by atoms with Crippen LogP contribution in [0, 0.1) is 0 Å². The van der Waals surface area contributed by atoms with Gasteiger partial charge in [0, 0.05) is 12.7 Å². The second-order valence-electron chi connectivity index (χ2n) is 3.42. The van der Waals surface area contributed by atoms with Gasteiger partial charge in [-0.05, 0) is 18.2 Å². The summed E-state index contributed by atoms with van der Waals surface area (Å²) in [5, 5.41) is 0.0375. The molecule has 0 saturated heterocycles. The Balaban J connectivity index is 3.21. The minimum atomic E-state index is -3.87. The number of benzene rings is 1. The zero-order valence-corrected chi connectivity index (χ0v) is 10.6. The number of hydrogen-bond donors (Lipinski definition) is 2. The molecule has 0 spiro atoms. The van der Waals surface area contributed by atoms with Crippen molar-refractivity contribution >= 4 is 33.2 Å². The molecule has 0 heterocycles. The van der Waals surface area contributed by atoms with Gasteiger partial charge in [-0.3, -0.25) is 4.79 Å². The molecule has 0 aliphatic heterocycles.